The predicted octanol–water partition coefficient (Wildman–Crippen LogP) is 3.79. The average Bonchev–Trinajstić information content (AvgIpc) is 3.04. The van der Waals surface area contributed by atoms with Crippen LogP contribution in [-0.2, 0) is 4.79 Å². The van der Waals surface area contributed by atoms with E-state index in [2.05, 4.69) is 47.8 Å². The summed E-state index contributed by atoms with van der Waals surface area (Å²) < 4.78 is 7.27. The Morgan fingerprint density at radius 1 is 1.15 bits per heavy atom. The van der Waals surface area contributed by atoms with E-state index in [1.54, 1.807) is 7.11 Å². The molecule has 1 amide bonds. The fourth-order valence-electron chi connectivity index (χ4n) is 2.37. The van der Waals surface area contributed by atoms with Crippen molar-refractivity contribution in [3.05, 3.63) is 24.3 Å². The largest absolute Gasteiger partial charge is 0.497 e. The van der Waals surface area contributed by atoms with Crippen LogP contribution < -0.4 is 10.1 Å². The minimum atomic E-state index is 0.0144. The highest BCUT2D eigenvalue weighted by atomic mass is 32.2. The molecule has 0 aliphatic rings. The van der Waals surface area contributed by atoms with E-state index in [0.29, 0.717) is 11.7 Å². The van der Waals surface area contributed by atoms with Gasteiger partial charge in [-0.3, -0.25) is 9.36 Å². The third-order valence-electron chi connectivity index (χ3n) is 4.25. The molecule has 0 saturated carbocycles. The summed E-state index contributed by atoms with van der Waals surface area (Å²) in [7, 11) is 1.64. The van der Waals surface area contributed by atoms with Gasteiger partial charge in [0.15, 0.2) is 11.0 Å². The Bertz CT molecular complexity index is 726. The van der Waals surface area contributed by atoms with Crippen molar-refractivity contribution >= 4 is 17.7 Å². The molecule has 142 valence electrons. The second kappa shape index (κ2) is 9.07. The van der Waals surface area contributed by atoms with Gasteiger partial charge >= 0.3 is 0 Å². The molecular formula is C19H28N4O2S. The van der Waals surface area contributed by atoms with E-state index in [4.69, 9.17) is 4.74 Å². The first kappa shape index (κ1) is 20.3. The molecule has 2 rings (SSSR count). The van der Waals surface area contributed by atoms with Crippen molar-refractivity contribution in [2.75, 3.05) is 12.9 Å². The number of nitrogens with one attached hydrogen (secondary N) is 1. The summed E-state index contributed by atoms with van der Waals surface area (Å²) in [5.41, 5.74) is 0.969. The Morgan fingerprint density at radius 3 is 2.35 bits per heavy atom. The van der Waals surface area contributed by atoms with Crippen molar-refractivity contribution in [3.8, 4) is 17.1 Å². The highest BCUT2D eigenvalue weighted by molar-refractivity contribution is 7.99. The van der Waals surface area contributed by atoms with Crippen LogP contribution in [0.15, 0.2) is 29.4 Å². The number of carbonyl (C=O) groups is 1. The number of aromatic nitrogens is 3. The molecule has 0 radical (unpaired) electrons. The lowest BCUT2D eigenvalue weighted by molar-refractivity contribution is -0.119. The van der Waals surface area contributed by atoms with Crippen LogP contribution in [0, 0.1) is 5.92 Å². The first-order valence-electron chi connectivity index (χ1n) is 8.85. The van der Waals surface area contributed by atoms with E-state index >= 15 is 0 Å². The van der Waals surface area contributed by atoms with Gasteiger partial charge in [0.2, 0.25) is 5.91 Å². The minimum Gasteiger partial charge on any atom is -0.497 e. The van der Waals surface area contributed by atoms with Gasteiger partial charge in [-0.1, -0.05) is 25.6 Å². The molecule has 0 fully saturated rings. The zero-order valence-electron chi connectivity index (χ0n) is 16.3. The molecule has 1 atom stereocenters. The molecule has 0 aliphatic carbocycles. The summed E-state index contributed by atoms with van der Waals surface area (Å²) >= 11 is 1.41. The molecule has 1 aromatic heterocycles. The number of rotatable bonds is 8. The van der Waals surface area contributed by atoms with Gasteiger partial charge in [-0.2, -0.15) is 0 Å². The zero-order chi connectivity index (χ0) is 19.3. The Labute approximate surface area is 159 Å². The van der Waals surface area contributed by atoms with Crippen LogP contribution in [0.5, 0.6) is 5.75 Å². The Hall–Kier alpha value is -2.02. The fourth-order valence-corrected chi connectivity index (χ4v) is 3.25. The third-order valence-corrected chi connectivity index (χ3v) is 5.19. The molecule has 2 aromatic rings. The van der Waals surface area contributed by atoms with Gasteiger partial charge in [0.1, 0.15) is 5.75 Å². The quantitative estimate of drug-likeness (QED) is 0.710. The lowest BCUT2D eigenvalue weighted by atomic mass is 10.1. The molecule has 1 heterocycles. The van der Waals surface area contributed by atoms with Crippen molar-refractivity contribution in [2.45, 2.75) is 51.9 Å². The van der Waals surface area contributed by atoms with Crippen molar-refractivity contribution < 1.29 is 9.53 Å². The van der Waals surface area contributed by atoms with Gasteiger partial charge in [0, 0.05) is 17.6 Å². The first-order valence-corrected chi connectivity index (χ1v) is 9.83. The number of carbonyl (C=O) groups excluding carboxylic acids is 1. The number of hydrogen-bond acceptors (Lipinski definition) is 5. The zero-order valence-corrected chi connectivity index (χ0v) is 17.1. The maximum atomic E-state index is 12.2. The van der Waals surface area contributed by atoms with Gasteiger partial charge in [-0.15, -0.1) is 10.2 Å². The van der Waals surface area contributed by atoms with Crippen LogP contribution in [0.25, 0.3) is 11.4 Å². The van der Waals surface area contributed by atoms with Crippen LogP contribution in [0.2, 0.25) is 0 Å². The smallest absolute Gasteiger partial charge is 0.230 e. The van der Waals surface area contributed by atoms with Crippen molar-refractivity contribution in [3.63, 3.8) is 0 Å². The van der Waals surface area contributed by atoms with E-state index in [1.807, 2.05) is 31.2 Å². The standard InChI is InChI=1S/C19H28N4O2S/c1-12(2)14(5)20-17(24)11-26-19-22-21-18(23(19)13(3)4)15-7-9-16(25-6)10-8-15/h7-10,12-14H,11H2,1-6H3,(H,20,24). The molecule has 1 unspecified atom stereocenters. The molecule has 0 bridgehead atoms. The van der Waals surface area contributed by atoms with E-state index in [-0.39, 0.29) is 18.0 Å². The SMILES string of the molecule is COc1ccc(-c2nnc(SCC(=O)NC(C)C(C)C)n2C(C)C)cc1. The summed E-state index contributed by atoms with van der Waals surface area (Å²) in [6.07, 6.45) is 0. The van der Waals surface area contributed by atoms with E-state index in [9.17, 15) is 4.79 Å². The van der Waals surface area contributed by atoms with Gasteiger partial charge in [-0.25, -0.2) is 0 Å². The van der Waals surface area contributed by atoms with Gasteiger partial charge in [0.25, 0.3) is 0 Å². The molecular weight excluding hydrogens is 348 g/mol. The van der Waals surface area contributed by atoms with Crippen LogP contribution >= 0.6 is 11.8 Å². The van der Waals surface area contributed by atoms with Crippen LogP contribution in [-0.4, -0.2) is 39.6 Å². The van der Waals surface area contributed by atoms with Crippen molar-refractivity contribution in [1.82, 2.24) is 20.1 Å². The Morgan fingerprint density at radius 2 is 1.81 bits per heavy atom. The summed E-state index contributed by atoms with van der Waals surface area (Å²) in [4.78, 5) is 12.2. The van der Waals surface area contributed by atoms with Crippen LogP contribution in [0.1, 0.15) is 40.7 Å². The topological polar surface area (TPSA) is 69.0 Å². The van der Waals surface area contributed by atoms with Gasteiger partial charge in [-0.05, 0) is 51.0 Å². The van der Waals surface area contributed by atoms with Gasteiger partial charge < -0.3 is 10.1 Å². The summed E-state index contributed by atoms with van der Waals surface area (Å²) in [6, 6.07) is 8.08. The second-order valence-electron chi connectivity index (χ2n) is 6.89. The number of thioether (sulfide) groups is 1. The molecule has 7 heteroatoms. The lowest BCUT2D eigenvalue weighted by Crippen LogP contribution is -2.37. The van der Waals surface area contributed by atoms with Crippen LogP contribution in [0.3, 0.4) is 0 Å². The average molecular weight is 377 g/mol. The van der Waals surface area contributed by atoms with Crippen LogP contribution in [0.4, 0.5) is 0 Å². The van der Waals surface area contributed by atoms with E-state index in [0.717, 1.165) is 22.3 Å². The van der Waals surface area contributed by atoms with E-state index in [1.165, 1.54) is 11.8 Å². The van der Waals surface area contributed by atoms with E-state index < -0.39 is 0 Å². The summed E-state index contributed by atoms with van der Waals surface area (Å²) in [5.74, 6) is 2.34. The number of hydrogen-bond donors (Lipinski definition) is 1. The van der Waals surface area contributed by atoms with Crippen molar-refractivity contribution in [2.24, 2.45) is 5.92 Å². The third kappa shape index (κ3) is 5.00. The number of ether oxygens (including phenoxy) is 1. The monoisotopic (exact) mass is 376 g/mol. The molecule has 6 nitrogen and oxygen atoms in total. The molecule has 1 N–H and O–H groups in total. The molecule has 0 aliphatic heterocycles. The Balaban J connectivity index is 2.14. The number of benzene rings is 1. The van der Waals surface area contributed by atoms with Gasteiger partial charge in [0.05, 0.1) is 12.9 Å². The summed E-state index contributed by atoms with van der Waals surface area (Å²) in [6.45, 7) is 10.4. The molecule has 0 spiro atoms. The highest BCUT2D eigenvalue weighted by Crippen LogP contribution is 2.28. The summed E-state index contributed by atoms with van der Waals surface area (Å²) in [5, 5.41) is 12.4. The molecule has 0 saturated heterocycles. The first-order chi connectivity index (χ1) is 12.3. The minimum absolute atomic E-state index is 0.0144. The fraction of sp³-hybridized carbons (Fsp3) is 0.526. The maximum absolute atomic E-state index is 12.2. The number of amides is 1. The highest BCUT2D eigenvalue weighted by Gasteiger charge is 2.18. The molecule has 1 aromatic carbocycles. The predicted molar refractivity (Wildman–Crippen MR) is 106 cm³/mol. The normalized spacial score (nSPS) is 12.5. The molecule has 26 heavy (non-hydrogen) atoms. The Kier molecular flexibility index (Phi) is 7.08. The van der Waals surface area contributed by atoms with Crippen molar-refractivity contribution in [1.29, 1.82) is 0 Å². The second-order valence-corrected chi connectivity index (χ2v) is 7.83. The lowest BCUT2D eigenvalue weighted by Gasteiger charge is -2.17. The maximum Gasteiger partial charge on any atom is 0.230 e. The number of methoxy groups -OCH3 is 1. The number of nitrogens with zero attached hydrogens (tertiary/aromatic N) is 3.